The second kappa shape index (κ2) is 6.60. The number of nitrogens with one attached hydrogen (secondary N) is 1. The lowest BCUT2D eigenvalue weighted by molar-refractivity contribution is 0.360. The number of benzene rings is 2. The van der Waals surface area contributed by atoms with Crippen molar-refractivity contribution in [2.24, 2.45) is 5.41 Å². The van der Waals surface area contributed by atoms with Crippen LogP contribution in [0.1, 0.15) is 58.6 Å². The molecule has 0 aromatic heterocycles. The molecule has 0 spiro atoms. The number of hydrogen-bond acceptors (Lipinski definition) is 2. The number of rotatable bonds is 7. The predicted octanol–water partition coefficient (Wildman–Crippen LogP) is 6.10. The Morgan fingerprint density at radius 2 is 1.54 bits per heavy atom. The molecule has 0 bridgehead atoms. The highest BCUT2D eigenvalue weighted by molar-refractivity contribution is 5.34. The number of para-hydroxylation sites is 1. The Kier molecular flexibility index (Phi) is 4.69. The van der Waals surface area contributed by atoms with Crippen LogP contribution in [0.25, 0.3) is 0 Å². The third kappa shape index (κ3) is 3.64. The molecule has 3 rings (SSSR count). The highest BCUT2D eigenvalue weighted by Gasteiger charge is 2.57. The molecule has 1 aliphatic rings. The minimum atomic E-state index is 0.256. The summed E-state index contributed by atoms with van der Waals surface area (Å²) in [5, 5.41) is 3.90. The summed E-state index contributed by atoms with van der Waals surface area (Å²) in [7, 11) is 0. The molecule has 2 aromatic carbocycles. The first-order valence-electron chi connectivity index (χ1n) is 9.04. The summed E-state index contributed by atoms with van der Waals surface area (Å²) in [6.07, 6.45) is 3.58. The lowest BCUT2D eigenvalue weighted by atomic mass is 9.98. The summed E-state index contributed by atoms with van der Waals surface area (Å²) in [6, 6.07) is 18.9. The molecule has 2 atom stereocenters. The highest BCUT2D eigenvalue weighted by Crippen LogP contribution is 2.56. The van der Waals surface area contributed by atoms with Crippen LogP contribution < -0.4 is 10.1 Å². The smallest absolute Gasteiger partial charge is 0.127 e. The maximum absolute atomic E-state index is 5.90. The average Bonchev–Trinajstić information content (AvgIpc) is 3.06. The topological polar surface area (TPSA) is 21.3 Å². The van der Waals surface area contributed by atoms with Crippen LogP contribution in [-0.2, 0) is 0 Å². The normalized spacial score (nSPS) is 22.8. The molecule has 1 fully saturated rings. The maximum Gasteiger partial charge on any atom is 0.127 e. The Hall–Kier alpha value is -1.80. The van der Waals surface area contributed by atoms with Crippen molar-refractivity contribution in [1.29, 1.82) is 0 Å². The van der Waals surface area contributed by atoms with Gasteiger partial charge in [0.1, 0.15) is 11.5 Å². The molecule has 0 heterocycles. The van der Waals surface area contributed by atoms with Gasteiger partial charge in [-0.05, 0) is 55.0 Å². The Morgan fingerprint density at radius 3 is 2.08 bits per heavy atom. The van der Waals surface area contributed by atoms with E-state index < -0.39 is 0 Å². The van der Waals surface area contributed by atoms with E-state index in [2.05, 4.69) is 57.3 Å². The first-order chi connectivity index (χ1) is 11.4. The second-order valence-electron chi connectivity index (χ2n) is 7.86. The van der Waals surface area contributed by atoms with Crippen LogP contribution >= 0.6 is 0 Å². The van der Waals surface area contributed by atoms with Gasteiger partial charge in [0.2, 0.25) is 0 Å². The van der Waals surface area contributed by atoms with Crippen molar-refractivity contribution < 1.29 is 4.74 Å². The fraction of sp³-hybridized carbons (Fsp3) is 0.455. The van der Waals surface area contributed by atoms with Gasteiger partial charge in [-0.3, -0.25) is 0 Å². The fourth-order valence-corrected chi connectivity index (χ4v) is 3.47. The monoisotopic (exact) mass is 323 g/mol. The standard InChI is InChI=1S/C22H29NO/c1-5-9-20(23-22(4)16-21(22,2)3)17-12-14-19(15-13-17)24-18-10-7-6-8-11-18/h6-8,10-15,20,23H,5,9,16H2,1-4H3. The van der Waals surface area contributed by atoms with Crippen LogP contribution in [0.4, 0.5) is 0 Å². The van der Waals surface area contributed by atoms with E-state index in [0.29, 0.717) is 11.5 Å². The second-order valence-corrected chi connectivity index (χ2v) is 7.86. The van der Waals surface area contributed by atoms with E-state index in [1.807, 2.05) is 30.3 Å². The maximum atomic E-state index is 5.90. The molecule has 0 radical (unpaired) electrons. The molecule has 24 heavy (non-hydrogen) atoms. The molecular formula is C22H29NO. The van der Waals surface area contributed by atoms with Gasteiger partial charge < -0.3 is 10.1 Å². The number of ether oxygens (including phenoxy) is 1. The molecular weight excluding hydrogens is 294 g/mol. The molecule has 1 aliphatic carbocycles. The van der Waals surface area contributed by atoms with Crippen molar-refractivity contribution >= 4 is 0 Å². The molecule has 2 nitrogen and oxygen atoms in total. The van der Waals surface area contributed by atoms with Crippen LogP contribution in [-0.4, -0.2) is 5.54 Å². The van der Waals surface area contributed by atoms with Gasteiger partial charge in [0.15, 0.2) is 0 Å². The third-order valence-electron chi connectivity index (χ3n) is 5.50. The number of hydrogen-bond donors (Lipinski definition) is 1. The average molecular weight is 323 g/mol. The lowest BCUT2D eigenvalue weighted by Gasteiger charge is -2.26. The van der Waals surface area contributed by atoms with E-state index in [0.717, 1.165) is 17.9 Å². The molecule has 2 heteroatoms. The lowest BCUT2D eigenvalue weighted by Crippen LogP contribution is -2.36. The van der Waals surface area contributed by atoms with Crippen molar-refractivity contribution in [3.8, 4) is 11.5 Å². The Labute approximate surface area is 146 Å². The van der Waals surface area contributed by atoms with Crippen molar-refractivity contribution in [3.63, 3.8) is 0 Å². The first-order valence-corrected chi connectivity index (χ1v) is 9.04. The zero-order chi connectivity index (χ0) is 17.2. The molecule has 2 unspecified atom stereocenters. The van der Waals surface area contributed by atoms with Gasteiger partial charge >= 0.3 is 0 Å². The summed E-state index contributed by atoms with van der Waals surface area (Å²) in [4.78, 5) is 0. The Bertz CT molecular complexity index is 662. The molecule has 1 N–H and O–H groups in total. The molecule has 0 aliphatic heterocycles. The van der Waals surface area contributed by atoms with E-state index in [4.69, 9.17) is 4.74 Å². The minimum absolute atomic E-state index is 0.256. The van der Waals surface area contributed by atoms with Crippen LogP contribution in [0.3, 0.4) is 0 Å². The van der Waals surface area contributed by atoms with Crippen LogP contribution in [0.2, 0.25) is 0 Å². The van der Waals surface area contributed by atoms with E-state index in [-0.39, 0.29) is 5.54 Å². The fourth-order valence-electron chi connectivity index (χ4n) is 3.47. The van der Waals surface area contributed by atoms with E-state index in [9.17, 15) is 0 Å². The van der Waals surface area contributed by atoms with Crippen molar-refractivity contribution in [3.05, 3.63) is 60.2 Å². The third-order valence-corrected chi connectivity index (χ3v) is 5.50. The summed E-state index contributed by atoms with van der Waals surface area (Å²) in [6.45, 7) is 9.30. The summed E-state index contributed by atoms with van der Waals surface area (Å²) < 4.78 is 5.90. The predicted molar refractivity (Wildman–Crippen MR) is 101 cm³/mol. The summed E-state index contributed by atoms with van der Waals surface area (Å²) >= 11 is 0. The van der Waals surface area contributed by atoms with E-state index in [1.54, 1.807) is 0 Å². The van der Waals surface area contributed by atoms with Crippen LogP contribution in [0.5, 0.6) is 11.5 Å². The van der Waals surface area contributed by atoms with Gasteiger partial charge in [0.05, 0.1) is 0 Å². The summed E-state index contributed by atoms with van der Waals surface area (Å²) in [5.74, 6) is 1.76. The molecule has 2 aromatic rings. The van der Waals surface area contributed by atoms with Gasteiger partial charge in [-0.1, -0.05) is 57.5 Å². The van der Waals surface area contributed by atoms with Gasteiger partial charge in [-0.25, -0.2) is 0 Å². The Morgan fingerprint density at radius 1 is 0.958 bits per heavy atom. The zero-order valence-electron chi connectivity index (χ0n) is 15.3. The molecule has 128 valence electrons. The molecule has 0 amide bonds. The van der Waals surface area contributed by atoms with Crippen LogP contribution in [0.15, 0.2) is 54.6 Å². The van der Waals surface area contributed by atoms with Crippen molar-refractivity contribution in [2.75, 3.05) is 0 Å². The summed E-state index contributed by atoms with van der Waals surface area (Å²) in [5.41, 5.74) is 2.00. The SMILES string of the molecule is CCCC(NC1(C)CC1(C)C)c1ccc(Oc2ccccc2)cc1. The van der Waals surface area contributed by atoms with Gasteiger partial charge in [-0.2, -0.15) is 0 Å². The quantitative estimate of drug-likeness (QED) is 0.665. The molecule has 1 saturated carbocycles. The minimum Gasteiger partial charge on any atom is -0.457 e. The highest BCUT2D eigenvalue weighted by atomic mass is 16.5. The van der Waals surface area contributed by atoms with Gasteiger partial charge in [0.25, 0.3) is 0 Å². The van der Waals surface area contributed by atoms with E-state index in [1.165, 1.54) is 18.4 Å². The van der Waals surface area contributed by atoms with Crippen molar-refractivity contribution in [1.82, 2.24) is 5.32 Å². The largest absolute Gasteiger partial charge is 0.457 e. The Balaban J connectivity index is 1.70. The zero-order valence-corrected chi connectivity index (χ0v) is 15.3. The van der Waals surface area contributed by atoms with Crippen molar-refractivity contribution in [2.45, 2.75) is 58.5 Å². The molecule has 0 saturated heterocycles. The van der Waals surface area contributed by atoms with E-state index >= 15 is 0 Å². The van der Waals surface area contributed by atoms with Gasteiger partial charge in [0, 0.05) is 11.6 Å². The van der Waals surface area contributed by atoms with Gasteiger partial charge in [-0.15, -0.1) is 0 Å². The van der Waals surface area contributed by atoms with Crippen LogP contribution in [0, 0.1) is 5.41 Å². The first kappa shape index (κ1) is 17.0.